The lowest BCUT2D eigenvalue weighted by atomic mass is 10.1. The van der Waals surface area contributed by atoms with E-state index in [9.17, 15) is 0 Å². The standard InChI is InChI=1S/C15H25N3/c1-16-12-15-13-18(11-10-17(15)2)9-8-14-6-4-3-5-7-14/h3-7,15-16H,8-13H2,1-2H3. The van der Waals surface area contributed by atoms with Gasteiger partial charge in [0.2, 0.25) is 0 Å². The van der Waals surface area contributed by atoms with Crippen molar-refractivity contribution < 1.29 is 0 Å². The maximum atomic E-state index is 3.29. The zero-order valence-corrected chi connectivity index (χ0v) is 11.6. The molecule has 0 amide bonds. The molecule has 100 valence electrons. The Balaban J connectivity index is 1.80. The molecule has 1 aromatic rings. The van der Waals surface area contributed by atoms with Crippen LogP contribution in [0.1, 0.15) is 5.56 Å². The van der Waals surface area contributed by atoms with Gasteiger partial charge in [-0.2, -0.15) is 0 Å². The lowest BCUT2D eigenvalue weighted by Gasteiger charge is -2.39. The Kier molecular flexibility index (Phi) is 5.17. The van der Waals surface area contributed by atoms with E-state index in [1.165, 1.54) is 31.7 Å². The fraction of sp³-hybridized carbons (Fsp3) is 0.600. The number of piperazine rings is 1. The number of rotatable bonds is 5. The topological polar surface area (TPSA) is 18.5 Å². The molecule has 1 saturated heterocycles. The third kappa shape index (κ3) is 3.80. The van der Waals surface area contributed by atoms with Gasteiger partial charge in [-0.15, -0.1) is 0 Å². The van der Waals surface area contributed by atoms with Crippen LogP contribution in [0.5, 0.6) is 0 Å². The van der Waals surface area contributed by atoms with Crippen LogP contribution in [0.2, 0.25) is 0 Å². The molecule has 1 aliphatic rings. The quantitative estimate of drug-likeness (QED) is 0.839. The Labute approximate surface area is 111 Å². The minimum absolute atomic E-state index is 0.652. The Morgan fingerprint density at radius 1 is 1.22 bits per heavy atom. The molecule has 1 aliphatic heterocycles. The number of hydrogen-bond acceptors (Lipinski definition) is 3. The van der Waals surface area contributed by atoms with Crippen molar-refractivity contribution in [2.24, 2.45) is 0 Å². The highest BCUT2D eigenvalue weighted by molar-refractivity contribution is 5.14. The van der Waals surface area contributed by atoms with Crippen LogP contribution in [0.15, 0.2) is 30.3 Å². The molecular formula is C15H25N3. The van der Waals surface area contributed by atoms with Crippen LogP contribution in [0.3, 0.4) is 0 Å². The van der Waals surface area contributed by atoms with Crippen molar-refractivity contribution in [2.45, 2.75) is 12.5 Å². The molecule has 1 unspecified atom stereocenters. The molecule has 1 fully saturated rings. The number of benzene rings is 1. The zero-order chi connectivity index (χ0) is 12.8. The number of nitrogens with one attached hydrogen (secondary N) is 1. The van der Waals surface area contributed by atoms with Crippen molar-refractivity contribution in [3.63, 3.8) is 0 Å². The van der Waals surface area contributed by atoms with E-state index in [2.05, 4.69) is 52.5 Å². The summed E-state index contributed by atoms with van der Waals surface area (Å²) in [7, 11) is 4.27. The largest absolute Gasteiger partial charge is 0.318 e. The normalized spacial score (nSPS) is 22.2. The maximum Gasteiger partial charge on any atom is 0.0345 e. The van der Waals surface area contributed by atoms with E-state index in [0.717, 1.165) is 13.0 Å². The lowest BCUT2D eigenvalue weighted by Crippen LogP contribution is -2.54. The summed E-state index contributed by atoms with van der Waals surface area (Å²) in [6.45, 7) is 5.82. The Hall–Kier alpha value is -0.900. The summed E-state index contributed by atoms with van der Waals surface area (Å²) >= 11 is 0. The van der Waals surface area contributed by atoms with Gasteiger partial charge in [0, 0.05) is 38.8 Å². The monoisotopic (exact) mass is 247 g/mol. The molecule has 0 spiro atoms. The summed E-state index contributed by atoms with van der Waals surface area (Å²) in [6.07, 6.45) is 1.16. The summed E-state index contributed by atoms with van der Waals surface area (Å²) < 4.78 is 0. The summed E-state index contributed by atoms with van der Waals surface area (Å²) in [5.41, 5.74) is 1.45. The molecule has 0 bridgehead atoms. The van der Waals surface area contributed by atoms with E-state index in [-0.39, 0.29) is 0 Å². The Morgan fingerprint density at radius 2 is 2.00 bits per heavy atom. The van der Waals surface area contributed by atoms with Gasteiger partial charge in [0.15, 0.2) is 0 Å². The highest BCUT2D eigenvalue weighted by Gasteiger charge is 2.23. The lowest BCUT2D eigenvalue weighted by molar-refractivity contribution is 0.0968. The molecule has 1 heterocycles. The number of nitrogens with zero attached hydrogens (tertiary/aromatic N) is 2. The van der Waals surface area contributed by atoms with E-state index >= 15 is 0 Å². The molecule has 3 heteroatoms. The van der Waals surface area contributed by atoms with Gasteiger partial charge in [-0.3, -0.25) is 4.90 Å². The second kappa shape index (κ2) is 6.88. The fourth-order valence-corrected chi connectivity index (χ4v) is 2.60. The van der Waals surface area contributed by atoms with Crippen LogP contribution >= 0.6 is 0 Å². The van der Waals surface area contributed by atoms with Crippen molar-refractivity contribution in [1.82, 2.24) is 15.1 Å². The predicted molar refractivity (Wildman–Crippen MR) is 76.9 cm³/mol. The van der Waals surface area contributed by atoms with Crippen molar-refractivity contribution in [1.29, 1.82) is 0 Å². The SMILES string of the molecule is CNCC1CN(CCc2ccccc2)CCN1C. The molecule has 0 aromatic heterocycles. The fourth-order valence-electron chi connectivity index (χ4n) is 2.60. The minimum Gasteiger partial charge on any atom is -0.318 e. The molecule has 0 saturated carbocycles. The summed E-state index contributed by atoms with van der Waals surface area (Å²) in [4.78, 5) is 5.06. The highest BCUT2D eigenvalue weighted by Crippen LogP contribution is 2.08. The maximum absolute atomic E-state index is 3.29. The molecule has 1 atom stereocenters. The average Bonchev–Trinajstić information content (AvgIpc) is 2.41. The Bertz CT molecular complexity index is 339. The second-order valence-electron chi connectivity index (χ2n) is 5.23. The summed E-state index contributed by atoms with van der Waals surface area (Å²) in [5, 5.41) is 3.29. The summed E-state index contributed by atoms with van der Waals surface area (Å²) in [6, 6.07) is 11.4. The molecular weight excluding hydrogens is 222 g/mol. The van der Waals surface area contributed by atoms with Crippen molar-refractivity contribution in [3.05, 3.63) is 35.9 Å². The number of likely N-dealkylation sites (N-methyl/N-ethyl adjacent to an activating group) is 2. The third-order valence-electron chi connectivity index (χ3n) is 3.86. The first-order valence-electron chi connectivity index (χ1n) is 6.90. The first-order valence-corrected chi connectivity index (χ1v) is 6.90. The van der Waals surface area contributed by atoms with Crippen LogP contribution in [0.25, 0.3) is 0 Å². The summed E-state index contributed by atoms with van der Waals surface area (Å²) in [5.74, 6) is 0. The van der Waals surface area contributed by atoms with E-state index < -0.39 is 0 Å². The van der Waals surface area contributed by atoms with Gasteiger partial charge in [0.25, 0.3) is 0 Å². The predicted octanol–water partition coefficient (Wildman–Crippen LogP) is 1.06. The molecule has 1 N–H and O–H groups in total. The van der Waals surface area contributed by atoms with Crippen molar-refractivity contribution in [2.75, 3.05) is 46.8 Å². The van der Waals surface area contributed by atoms with E-state index in [1.54, 1.807) is 0 Å². The van der Waals surface area contributed by atoms with Gasteiger partial charge < -0.3 is 10.2 Å². The van der Waals surface area contributed by atoms with E-state index in [0.29, 0.717) is 6.04 Å². The van der Waals surface area contributed by atoms with Gasteiger partial charge in [0.05, 0.1) is 0 Å². The van der Waals surface area contributed by atoms with Gasteiger partial charge in [-0.1, -0.05) is 30.3 Å². The van der Waals surface area contributed by atoms with Crippen LogP contribution < -0.4 is 5.32 Å². The number of hydrogen-bond donors (Lipinski definition) is 1. The van der Waals surface area contributed by atoms with Gasteiger partial charge >= 0.3 is 0 Å². The molecule has 0 radical (unpaired) electrons. The van der Waals surface area contributed by atoms with Crippen LogP contribution in [-0.2, 0) is 6.42 Å². The second-order valence-corrected chi connectivity index (χ2v) is 5.23. The molecule has 1 aromatic carbocycles. The van der Waals surface area contributed by atoms with Crippen molar-refractivity contribution >= 4 is 0 Å². The van der Waals surface area contributed by atoms with Crippen LogP contribution in [0, 0.1) is 0 Å². The third-order valence-corrected chi connectivity index (χ3v) is 3.86. The van der Waals surface area contributed by atoms with Gasteiger partial charge in [-0.25, -0.2) is 0 Å². The highest BCUT2D eigenvalue weighted by atomic mass is 15.3. The zero-order valence-electron chi connectivity index (χ0n) is 11.6. The smallest absolute Gasteiger partial charge is 0.0345 e. The van der Waals surface area contributed by atoms with E-state index in [4.69, 9.17) is 0 Å². The first kappa shape index (κ1) is 13.5. The molecule has 2 rings (SSSR count). The Morgan fingerprint density at radius 3 is 2.72 bits per heavy atom. The molecule has 0 aliphatic carbocycles. The molecule has 3 nitrogen and oxygen atoms in total. The molecule has 18 heavy (non-hydrogen) atoms. The average molecular weight is 247 g/mol. The van der Waals surface area contributed by atoms with Gasteiger partial charge in [0.1, 0.15) is 0 Å². The van der Waals surface area contributed by atoms with Crippen LogP contribution in [-0.4, -0.2) is 62.7 Å². The van der Waals surface area contributed by atoms with E-state index in [1.807, 2.05) is 7.05 Å². The minimum atomic E-state index is 0.652. The van der Waals surface area contributed by atoms with Crippen LogP contribution in [0.4, 0.5) is 0 Å². The van der Waals surface area contributed by atoms with Crippen molar-refractivity contribution in [3.8, 4) is 0 Å². The van der Waals surface area contributed by atoms with Gasteiger partial charge in [-0.05, 0) is 26.1 Å². The first-order chi connectivity index (χ1) is 8.79.